The minimum atomic E-state index is -4.19. The normalized spacial score (nSPS) is 34.5. The van der Waals surface area contributed by atoms with E-state index in [0.29, 0.717) is 5.56 Å². The van der Waals surface area contributed by atoms with Crippen LogP contribution in [-0.4, -0.2) is 45.7 Å². The van der Waals surface area contributed by atoms with E-state index in [4.69, 9.17) is 29.9 Å². The molecule has 0 saturated carbocycles. The molecule has 0 radical (unpaired) electrons. The Kier molecular flexibility index (Phi) is 6.62. The van der Waals surface area contributed by atoms with Gasteiger partial charge in [-0.25, -0.2) is 18.1 Å². The predicted octanol–water partition coefficient (Wildman–Crippen LogP) is 2.62. The molecule has 4 rings (SSSR count). The first kappa shape index (κ1) is 24.2. The minimum absolute atomic E-state index is 0.0413. The fourth-order valence-corrected chi connectivity index (χ4v) is 5.32. The van der Waals surface area contributed by atoms with Crippen LogP contribution < -0.4 is 11.2 Å². The summed E-state index contributed by atoms with van der Waals surface area (Å²) in [5.41, 5.74) is -3.75. The van der Waals surface area contributed by atoms with Crippen molar-refractivity contribution in [1.82, 2.24) is 9.55 Å². The molecule has 14 heteroatoms. The minimum Gasteiger partial charge on any atom is -0.387 e. The fraction of sp³-hybridized carbons (Fsp3) is 0.474. The number of aliphatic hydroxyl groups excluding tert-OH is 1. The average molecular weight is 509 g/mol. The van der Waals surface area contributed by atoms with Crippen LogP contribution in [0.4, 0.5) is 8.78 Å². The highest BCUT2D eigenvalue weighted by Gasteiger charge is 2.56. The van der Waals surface area contributed by atoms with E-state index in [0.717, 1.165) is 29.8 Å². The number of rotatable bonds is 5. The van der Waals surface area contributed by atoms with Crippen LogP contribution in [0.1, 0.15) is 31.2 Å². The number of aromatic amines is 1. The molecule has 10 nitrogen and oxygen atoms in total. The van der Waals surface area contributed by atoms with Gasteiger partial charge in [0.1, 0.15) is 18.0 Å². The van der Waals surface area contributed by atoms with E-state index in [1.54, 1.807) is 0 Å². The molecular formula is C19H20ClF2N2O8P. The number of halogens is 3. The average Bonchev–Trinajstić information content (AvgIpc) is 2.95. The van der Waals surface area contributed by atoms with Crippen molar-refractivity contribution in [2.75, 3.05) is 13.2 Å². The van der Waals surface area contributed by atoms with Crippen LogP contribution in [0.15, 0.2) is 40.1 Å². The number of nitrogens with one attached hydrogen (secondary N) is 1. The molecule has 2 N–H and O–H groups in total. The van der Waals surface area contributed by atoms with Gasteiger partial charge in [0.2, 0.25) is 0 Å². The van der Waals surface area contributed by atoms with Gasteiger partial charge in [-0.2, -0.15) is 0 Å². The van der Waals surface area contributed by atoms with Crippen molar-refractivity contribution >= 4 is 19.4 Å². The van der Waals surface area contributed by atoms with Gasteiger partial charge in [-0.1, -0.05) is 11.6 Å². The van der Waals surface area contributed by atoms with Crippen LogP contribution in [0.5, 0.6) is 0 Å². The van der Waals surface area contributed by atoms with E-state index < -0.39 is 61.7 Å². The second kappa shape index (κ2) is 9.03. The van der Waals surface area contributed by atoms with Crippen molar-refractivity contribution in [3.63, 3.8) is 0 Å². The molecule has 2 aromatic rings. The highest BCUT2D eigenvalue weighted by molar-refractivity contribution is 7.48. The lowest BCUT2D eigenvalue weighted by Crippen LogP contribution is -2.43. The Morgan fingerprint density at radius 2 is 2.15 bits per heavy atom. The standard InChI is InChI=1S/C19H20ClF2N2O8P/c1-19(22)16(26)14(31-17(19)24-4-2-15(25)23-18(24)27)9-30-33(28)29-5-3-13(32-33)10-6-11(20)8-12(21)7-10/h2,4,6-8,13-14,16-17,26H,3,5,9H2,1H3,(H,23,25,27)/t13-,14-,16-,17-,19-,33+/m1/s1. The Morgan fingerprint density at radius 3 is 2.85 bits per heavy atom. The van der Waals surface area contributed by atoms with Crippen molar-refractivity contribution in [3.8, 4) is 0 Å². The van der Waals surface area contributed by atoms with Gasteiger partial charge in [0.25, 0.3) is 5.56 Å². The number of hydrogen-bond acceptors (Lipinski definition) is 8. The molecule has 2 saturated heterocycles. The Labute approximate surface area is 190 Å². The van der Waals surface area contributed by atoms with Gasteiger partial charge in [0, 0.05) is 23.7 Å². The summed E-state index contributed by atoms with van der Waals surface area (Å²) in [6, 6.07) is 4.74. The lowest BCUT2D eigenvalue weighted by atomic mass is 9.98. The lowest BCUT2D eigenvalue weighted by molar-refractivity contribution is -0.0654. The highest BCUT2D eigenvalue weighted by Crippen LogP contribution is 2.57. The van der Waals surface area contributed by atoms with E-state index in [1.165, 1.54) is 12.1 Å². The SMILES string of the molecule is C[C@@]1(F)[C@H](O)[C@@H](CO[P@]2(=O)OCC[C@H](c3cc(F)cc(Cl)c3)O2)O[C@H]1n1ccc(=O)[nH]c1=O. The first-order valence-corrected chi connectivity index (χ1v) is 11.7. The van der Waals surface area contributed by atoms with Gasteiger partial charge < -0.3 is 9.84 Å². The van der Waals surface area contributed by atoms with Crippen LogP contribution in [0.3, 0.4) is 0 Å². The number of benzene rings is 1. The molecule has 0 spiro atoms. The number of H-pyrrole nitrogens is 1. The Hall–Kier alpha value is -1.92. The first-order valence-electron chi connectivity index (χ1n) is 9.86. The van der Waals surface area contributed by atoms with Gasteiger partial charge in [0.05, 0.1) is 19.3 Å². The van der Waals surface area contributed by atoms with Crippen molar-refractivity contribution in [1.29, 1.82) is 0 Å². The molecule has 2 aliphatic rings. The molecule has 0 unspecified atom stereocenters. The zero-order valence-corrected chi connectivity index (χ0v) is 18.8. The van der Waals surface area contributed by atoms with Crippen LogP contribution in [0.2, 0.25) is 5.02 Å². The predicted molar refractivity (Wildman–Crippen MR) is 110 cm³/mol. The van der Waals surface area contributed by atoms with Crippen molar-refractivity contribution < 1.29 is 36.8 Å². The van der Waals surface area contributed by atoms with Crippen molar-refractivity contribution in [3.05, 3.63) is 67.7 Å². The Balaban J connectivity index is 1.47. The maximum atomic E-state index is 15.2. The number of alkyl halides is 1. The van der Waals surface area contributed by atoms with Crippen LogP contribution >= 0.6 is 19.4 Å². The molecule has 33 heavy (non-hydrogen) atoms. The highest BCUT2D eigenvalue weighted by atomic mass is 35.5. The van der Waals surface area contributed by atoms with Gasteiger partial charge in [-0.15, -0.1) is 0 Å². The topological polar surface area (TPSA) is 129 Å². The van der Waals surface area contributed by atoms with E-state index in [9.17, 15) is 23.7 Å². The monoisotopic (exact) mass is 508 g/mol. The molecule has 0 aliphatic carbocycles. The van der Waals surface area contributed by atoms with Crippen molar-refractivity contribution in [2.45, 2.75) is 43.6 Å². The molecule has 1 aromatic carbocycles. The second-order valence-corrected chi connectivity index (χ2v) is 9.86. The number of aromatic nitrogens is 2. The number of ether oxygens (including phenoxy) is 1. The summed E-state index contributed by atoms with van der Waals surface area (Å²) < 4.78 is 63.9. The third kappa shape index (κ3) is 4.97. The van der Waals surface area contributed by atoms with Crippen LogP contribution in [0.25, 0.3) is 0 Å². The first-order chi connectivity index (χ1) is 15.5. The summed E-state index contributed by atoms with van der Waals surface area (Å²) in [5, 5.41) is 10.5. The van der Waals surface area contributed by atoms with Gasteiger partial charge in [-0.05, 0) is 30.7 Å². The van der Waals surface area contributed by atoms with Crippen LogP contribution in [-0.2, 0) is 22.9 Å². The largest absolute Gasteiger partial charge is 0.475 e. The molecular weight excluding hydrogens is 489 g/mol. The molecule has 3 heterocycles. The van der Waals surface area contributed by atoms with Gasteiger partial charge in [0.15, 0.2) is 11.9 Å². The number of phosphoric ester groups is 1. The molecule has 2 aliphatic heterocycles. The second-order valence-electron chi connectivity index (χ2n) is 7.80. The Bertz CT molecular complexity index is 1180. The summed E-state index contributed by atoms with van der Waals surface area (Å²) in [4.78, 5) is 25.3. The molecule has 1 aromatic heterocycles. The third-order valence-electron chi connectivity index (χ3n) is 5.36. The van der Waals surface area contributed by atoms with E-state index in [2.05, 4.69) is 0 Å². The summed E-state index contributed by atoms with van der Waals surface area (Å²) in [5.74, 6) is -0.600. The van der Waals surface area contributed by atoms with Gasteiger partial charge in [-0.3, -0.25) is 27.9 Å². The van der Waals surface area contributed by atoms with Crippen LogP contribution in [0, 0.1) is 5.82 Å². The number of hydrogen-bond donors (Lipinski definition) is 2. The smallest absolute Gasteiger partial charge is 0.387 e. The fourth-order valence-electron chi connectivity index (χ4n) is 3.69. The summed E-state index contributed by atoms with van der Waals surface area (Å²) in [7, 11) is -4.19. The number of phosphoric acid groups is 1. The van der Waals surface area contributed by atoms with E-state index in [1.807, 2.05) is 4.98 Å². The molecule has 180 valence electrons. The summed E-state index contributed by atoms with van der Waals surface area (Å²) in [6.45, 7) is 0.364. The summed E-state index contributed by atoms with van der Waals surface area (Å²) >= 11 is 5.86. The van der Waals surface area contributed by atoms with E-state index >= 15 is 4.39 Å². The number of nitrogens with zero attached hydrogens (tertiary/aromatic N) is 1. The summed E-state index contributed by atoms with van der Waals surface area (Å²) in [6.07, 6.45) is -4.30. The zero-order valence-electron chi connectivity index (χ0n) is 17.2. The maximum Gasteiger partial charge on any atom is 0.475 e. The quantitative estimate of drug-likeness (QED) is 0.590. The molecule has 0 amide bonds. The molecule has 0 bridgehead atoms. The molecule has 6 atom stereocenters. The Morgan fingerprint density at radius 1 is 1.39 bits per heavy atom. The van der Waals surface area contributed by atoms with E-state index in [-0.39, 0.29) is 18.1 Å². The lowest BCUT2D eigenvalue weighted by Gasteiger charge is -2.30. The molecule has 2 fully saturated rings. The third-order valence-corrected chi connectivity index (χ3v) is 7.06. The maximum absolute atomic E-state index is 15.2. The number of aliphatic hydroxyl groups is 1. The zero-order chi connectivity index (χ0) is 24.0. The van der Waals surface area contributed by atoms with Crippen molar-refractivity contribution in [2.24, 2.45) is 0 Å². The van der Waals surface area contributed by atoms with Gasteiger partial charge >= 0.3 is 13.5 Å².